The van der Waals surface area contributed by atoms with Gasteiger partial charge in [0.25, 0.3) is 0 Å². The molecule has 3 heterocycles. The zero-order chi connectivity index (χ0) is 16.8. The Hall–Kier alpha value is -3.03. The van der Waals surface area contributed by atoms with Crippen molar-refractivity contribution >= 4 is 5.91 Å². The van der Waals surface area contributed by atoms with Crippen molar-refractivity contribution in [2.24, 2.45) is 0 Å². The Bertz CT molecular complexity index is 769. The highest BCUT2D eigenvalue weighted by Gasteiger charge is 2.18. The lowest BCUT2D eigenvalue weighted by atomic mass is 10.2. The summed E-state index contributed by atoms with van der Waals surface area (Å²) in [5.74, 6) is 0.891. The molecule has 0 aliphatic heterocycles. The molecule has 3 aromatic heterocycles. The number of aromatic nitrogens is 5. The summed E-state index contributed by atoms with van der Waals surface area (Å²) in [7, 11) is 0. The van der Waals surface area contributed by atoms with Crippen molar-refractivity contribution in [3.63, 3.8) is 0 Å². The number of amides is 1. The van der Waals surface area contributed by atoms with Gasteiger partial charge in [-0.15, -0.1) is 0 Å². The van der Waals surface area contributed by atoms with E-state index in [9.17, 15) is 4.79 Å². The van der Waals surface area contributed by atoms with Crippen LogP contribution in [-0.4, -0.2) is 37.4 Å². The summed E-state index contributed by atoms with van der Waals surface area (Å²) in [6.07, 6.45) is 7.93. The molecule has 0 bridgehead atoms. The molecule has 124 valence electrons. The van der Waals surface area contributed by atoms with Crippen LogP contribution in [0.5, 0.6) is 0 Å². The van der Waals surface area contributed by atoms with Crippen molar-refractivity contribution < 1.29 is 9.32 Å². The smallest absolute Gasteiger partial charge is 0.244 e. The quantitative estimate of drug-likeness (QED) is 0.708. The highest BCUT2D eigenvalue weighted by Crippen LogP contribution is 2.14. The van der Waals surface area contributed by atoms with Crippen LogP contribution in [0.3, 0.4) is 0 Å². The monoisotopic (exact) mass is 326 g/mol. The highest BCUT2D eigenvalue weighted by molar-refractivity contribution is 5.80. The third-order valence-electron chi connectivity index (χ3n) is 3.56. The summed E-state index contributed by atoms with van der Waals surface area (Å²) in [4.78, 5) is 20.6. The van der Waals surface area contributed by atoms with E-state index in [-0.39, 0.29) is 11.9 Å². The standard InChI is InChI=1S/C16H18N6O2/c1-2-13(22-10-4-8-19-22)16(23)18-9-6-14-20-15(21-24-14)12-5-3-7-17-11-12/h3-5,7-8,10-11,13H,2,6,9H2,1H3,(H,18,23)/t13-/m1/s1. The molecule has 8 nitrogen and oxygen atoms in total. The molecule has 0 saturated heterocycles. The van der Waals surface area contributed by atoms with Gasteiger partial charge in [0.1, 0.15) is 6.04 Å². The predicted molar refractivity (Wildman–Crippen MR) is 85.8 cm³/mol. The van der Waals surface area contributed by atoms with Gasteiger partial charge in [0, 0.05) is 43.3 Å². The van der Waals surface area contributed by atoms with Gasteiger partial charge in [0.15, 0.2) is 0 Å². The first kappa shape index (κ1) is 15.9. The molecule has 3 aromatic rings. The molecule has 1 atom stereocenters. The van der Waals surface area contributed by atoms with Crippen LogP contribution in [0.1, 0.15) is 25.3 Å². The van der Waals surface area contributed by atoms with Crippen molar-refractivity contribution in [3.05, 3.63) is 48.9 Å². The Morgan fingerprint density at radius 2 is 2.29 bits per heavy atom. The van der Waals surface area contributed by atoms with Crippen molar-refractivity contribution in [3.8, 4) is 11.4 Å². The van der Waals surface area contributed by atoms with Gasteiger partial charge in [-0.3, -0.25) is 14.5 Å². The van der Waals surface area contributed by atoms with Gasteiger partial charge in [-0.05, 0) is 24.6 Å². The summed E-state index contributed by atoms with van der Waals surface area (Å²) in [5, 5.41) is 10.9. The number of carbonyl (C=O) groups excluding carboxylic acids is 1. The average molecular weight is 326 g/mol. The summed E-state index contributed by atoms with van der Waals surface area (Å²) >= 11 is 0. The van der Waals surface area contributed by atoms with Crippen LogP contribution < -0.4 is 5.32 Å². The zero-order valence-corrected chi connectivity index (χ0v) is 13.3. The number of hydrogen-bond acceptors (Lipinski definition) is 6. The van der Waals surface area contributed by atoms with E-state index in [4.69, 9.17) is 4.52 Å². The largest absolute Gasteiger partial charge is 0.354 e. The predicted octanol–water partition coefficient (Wildman–Crippen LogP) is 1.64. The molecule has 0 spiro atoms. The second-order valence-corrected chi connectivity index (χ2v) is 5.20. The summed E-state index contributed by atoms with van der Waals surface area (Å²) < 4.78 is 6.86. The van der Waals surface area contributed by atoms with E-state index in [0.717, 1.165) is 5.56 Å². The summed E-state index contributed by atoms with van der Waals surface area (Å²) in [6, 6.07) is 5.16. The maximum Gasteiger partial charge on any atom is 0.244 e. The zero-order valence-electron chi connectivity index (χ0n) is 13.3. The Labute approximate surface area is 138 Å². The highest BCUT2D eigenvalue weighted by atomic mass is 16.5. The van der Waals surface area contributed by atoms with Crippen molar-refractivity contribution in [2.45, 2.75) is 25.8 Å². The molecule has 1 N–H and O–H groups in total. The van der Waals surface area contributed by atoms with Crippen molar-refractivity contribution in [1.29, 1.82) is 0 Å². The molecule has 24 heavy (non-hydrogen) atoms. The van der Waals surface area contributed by atoms with Gasteiger partial charge in [-0.2, -0.15) is 10.1 Å². The van der Waals surface area contributed by atoms with E-state index in [1.54, 1.807) is 35.5 Å². The molecule has 8 heteroatoms. The number of carbonyl (C=O) groups is 1. The van der Waals surface area contributed by atoms with E-state index in [2.05, 4.69) is 25.5 Å². The molecular weight excluding hydrogens is 308 g/mol. The van der Waals surface area contributed by atoms with E-state index in [1.807, 2.05) is 19.1 Å². The molecular formula is C16H18N6O2. The first-order valence-electron chi connectivity index (χ1n) is 7.77. The number of nitrogens with one attached hydrogen (secondary N) is 1. The fourth-order valence-electron chi connectivity index (χ4n) is 2.34. The first-order chi connectivity index (χ1) is 11.8. The van der Waals surface area contributed by atoms with Crippen molar-refractivity contribution in [1.82, 2.24) is 30.2 Å². The SMILES string of the molecule is CC[C@H](C(=O)NCCc1nc(-c2cccnc2)no1)n1cccn1. The topological polar surface area (TPSA) is 98.7 Å². The summed E-state index contributed by atoms with van der Waals surface area (Å²) in [5.41, 5.74) is 0.793. The van der Waals surface area contributed by atoms with Crippen LogP contribution in [0.2, 0.25) is 0 Å². The van der Waals surface area contributed by atoms with Crippen LogP contribution in [0.4, 0.5) is 0 Å². The molecule has 1 amide bonds. The second kappa shape index (κ2) is 7.49. The Morgan fingerprint density at radius 1 is 1.38 bits per heavy atom. The van der Waals surface area contributed by atoms with E-state index in [1.165, 1.54) is 0 Å². The number of nitrogens with zero attached hydrogens (tertiary/aromatic N) is 5. The summed E-state index contributed by atoms with van der Waals surface area (Å²) in [6.45, 7) is 2.37. The Balaban J connectivity index is 1.53. The van der Waals surface area contributed by atoms with Gasteiger partial charge in [-0.25, -0.2) is 0 Å². The lowest BCUT2D eigenvalue weighted by Gasteiger charge is -2.14. The van der Waals surface area contributed by atoms with Crippen LogP contribution in [0.15, 0.2) is 47.5 Å². The third kappa shape index (κ3) is 3.65. The van der Waals surface area contributed by atoms with Crippen LogP contribution >= 0.6 is 0 Å². The minimum atomic E-state index is -0.311. The average Bonchev–Trinajstić information content (AvgIpc) is 3.28. The number of hydrogen-bond donors (Lipinski definition) is 1. The van der Waals surface area contributed by atoms with E-state index < -0.39 is 0 Å². The lowest BCUT2D eigenvalue weighted by molar-refractivity contribution is -0.124. The molecule has 0 fully saturated rings. The second-order valence-electron chi connectivity index (χ2n) is 5.20. The van der Waals surface area contributed by atoms with Gasteiger partial charge < -0.3 is 9.84 Å². The number of rotatable bonds is 7. The van der Waals surface area contributed by atoms with Crippen LogP contribution in [-0.2, 0) is 11.2 Å². The van der Waals surface area contributed by atoms with Gasteiger partial charge in [-0.1, -0.05) is 12.1 Å². The number of pyridine rings is 1. The fourth-order valence-corrected chi connectivity index (χ4v) is 2.34. The minimum Gasteiger partial charge on any atom is -0.354 e. The molecule has 0 aliphatic rings. The van der Waals surface area contributed by atoms with Crippen LogP contribution in [0.25, 0.3) is 11.4 Å². The molecule has 3 rings (SSSR count). The maximum atomic E-state index is 12.2. The van der Waals surface area contributed by atoms with Gasteiger partial charge in [0.2, 0.25) is 17.6 Å². The lowest BCUT2D eigenvalue weighted by Crippen LogP contribution is -2.33. The molecule has 0 aromatic carbocycles. The molecule has 0 radical (unpaired) electrons. The Kier molecular flexibility index (Phi) is 4.95. The molecule has 0 unspecified atom stereocenters. The van der Waals surface area contributed by atoms with Crippen molar-refractivity contribution in [2.75, 3.05) is 6.54 Å². The fraction of sp³-hybridized carbons (Fsp3) is 0.312. The van der Waals surface area contributed by atoms with E-state index >= 15 is 0 Å². The maximum absolute atomic E-state index is 12.2. The Morgan fingerprint density at radius 3 is 3.00 bits per heavy atom. The first-order valence-corrected chi connectivity index (χ1v) is 7.77. The van der Waals surface area contributed by atoms with Crippen LogP contribution in [0, 0.1) is 0 Å². The third-order valence-corrected chi connectivity index (χ3v) is 3.56. The van der Waals surface area contributed by atoms with E-state index in [0.29, 0.717) is 31.1 Å². The normalized spacial score (nSPS) is 12.0. The molecule has 0 aliphatic carbocycles. The molecule has 0 saturated carbocycles. The minimum absolute atomic E-state index is 0.0757. The van der Waals surface area contributed by atoms with Gasteiger partial charge >= 0.3 is 0 Å². The van der Waals surface area contributed by atoms with Gasteiger partial charge in [0.05, 0.1) is 0 Å².